The Kier molecular flexibility index (Phi) is 3.99. The normalized spacial score (nSPS) is 12.4. The molecule has 0 saturated heterocycles. The molecule has 5 heteroatoms. The van der Waals surface area contributed by atoms with Gasteiger partial charge in [-0.15, -0.1) is 0 Å². The monoisotopic (exact) mass is 227 g/mol. The number of thioether (sulfide) groups is 1. The van der Waals surface area contributed by atoms with Gasteiger partial charge in [-0.05, 0) is 30.4 Å². The third-order valence-corrected chi connectivity index (χ3v) is 2.70. The maximum atomic E-state index is 11.2. The van der Waals surface area contributed by atoms with Crippen LogP contribution in [0.3, 0.4) is 0 Å². The van der Waals surface area contributed by atoms with Crippen molar-refractivity contribution in [3.8, 4) is 11.5 Å². The molecule has 0 spiro atoms. The summed E-state index contributed by atoms with van der Waals surface area (Å²) in [5.74, 6) is -0.375. The maximum absolute atomic E-state index is 11.2. The van der Waals surface area contributed by atoms with Gasteiger partial charge in [0, 0.05) is 0 Å². The van der Waals surface area contributed by atoms with Crippen molar-refractivity contribution in [1.29, 1.82) is 0 Å². The van der Waals surface area contributed by atoms with Crippen LogP contribution in [0.5, 0.6) is 11.5 Å². The van der Waals surface area contributed by atoms with E-state index in [0.29, 0.717) is 6.42 Å². The molecular weight excluding hydrogens is 214 g/mol. The second-order valence-electron chi connectivity index (χ2n) is 3.16. The zero-order valence-electron chi connectivity index (χ0n) is 8.30. The van der Waals surface area contributed by atoms with E-state index < -0.39 is 6.04 Å². The summed E-state index contributed by atoms with van der Waals surface area (Å²) in [6, 6.07) is 3.83. The first-order chi connectivity index (χ1) is 7.04. The van der Waals surface area contributed by atoms with Gasteiger partial charge in [0.05, 0.1) is 6.04 Å². The van der Waals surface area contributed by atoms with Gasteiger partial charge >= 0.3 is 0 Å². The lowest BCUT2D eigenvalue weighted by atomic mass is 10.1. The van der Waals surface area contributed by atoms with Gasteiger partial charge < -0.3 is 15.9 Å². The second kappa shape index (κ2) is 5.04. The number of benzene rings is 1. The lowest BCUT2D eigenvalue weighted by Crippen LogP contribution is -2.30. The van der Waals surface area contributed by atoms with Crippen LogP contribution in [0.15, 0.2) is 18.2 Å². The van der Waals surface area contributed by atoms with Crippen molar-refractivity contribution >= 4 is 16.9 Å². The topological polar surface area (TPSA) is 83.6 Å². The predicted octanol–water partition coefficient (Wildman–Crippen LogP) is 0.857. The van der Waals surface area contributed by atoms with Crippen LogP contribution in [0.25, 0.3) is 0 Å². The highest BCUT2D eigenvalue weighted by Crippen LogP contribution is 2.25. The fourth-order valence-corrected chi connectivity index (χ4v) is 1.57. The molecule has 0 radical (unpaired) electrons. The molecule has 0 aliphatic carbocycles. The molecule has 1 atom stereocenters. The Hall–Kier alpha value is -1.20. The number of hydrogen-bond acceptors (Lipinski definition) is 5. The van der Waals surface area contributed by atoms with Gasteiger partial charge in [-0.1, -0.05) is 17.8 Å². The van der Waals surface area contributed by atoms with Crippen LogP contribution in [0, 0.1) is 0 Å². The quantitative estimate of drug-likeness (QED) is 0.667. The first kappa shape index (κ1) is 11.9. The lowest BCUT2D eigenvalue weighted by molar-refractivity contribution is -0.112. The van der Waals surface area contributed by atoms with Gasteiger partial charge in [0.15, 0.2) is 11.5 Å². The van der Waals surface area contributed by atoms with E-state index in [0.717, 1.165) is 17.3 Å². The molecule has 0 bridgehead atoms. The molecule has 0 aliphatic heterocycles. The summed E-state index contributed by atoms with van der Waals surface area (Å²) in [4.78, 5) is 11.2. The molecule has 0 fully saturated rings. The summed E-state index contributed by atoms with van der Waals surface area (Å²) in [7, 11) is 0. The minimum absolute atomic E-state index is 0.0948. The SMILES string of the molecule is CSC(=O)C(N)Cc1ccc(O)c(O)c1. The number of phenols is 2. The van der Waals surface area contributed by atoms with Gasteiger partial charge in [0.25, 0.3) is 0 Å². The Morgan fingerprint density at radius 1 is 1.47 bits per heavy atom. The Morgan fingerprint density at radius 2 is 2.13 bits per heavy atom. The van der Waals surface area contributed by atoms with Gasteiger partial charge in [0.1, 0.15) is 0 Å². The van der Waals surface area contributed by atoms with Gasteiger partial charge in [0.2, 0.25) is 5.12 Å². The highest BCUT2D eigenvalue weighted by atomic mass is 32.2. The van der Waals surface area contributed by atoms with Crippen molar-refractivity contribution in [3.63, 3.8) is 0 Å². The molecule has 0 aliphatic rings. The van der Waals surface area contributed by atoms with Crippen LogP contribution in [-0.2, 0) is 11.2 Å². The van der Waals surface area contributed by atoms with Crippen molar-refractivity contribution in [1.82, 2.24) is 0 Å². The van der Waals surface area contributed by atoms with Crippen LogP contribution < -0.4 is 5.73 Å². The van der Waals surface area contributed by atoms with Crippen molar-refractivity contribution < 1.29 is 15.0 Å². The average molecular weight is 227 g/mol. The highest BCUT2D eigenvalue weighted by molar-refractivity contribution is 8.13. The molecule has 1 aromatic rings. The number of nitrogens with two attached hydrogens (primary N) is 1. The molecule has 0 aromatic heterocycles. The van der Waals surface area contributed by atoms with Gasteiger partial charge in [-0.25, -0.2) is 0 Å². The molecular formula is C10H13NO3S. The Morgan fingerprint density at radius 3 is 2.67 bits per heavy atom. The number of aromatic hydroxyl groups is 2. The molecule has 82 valence electrons. The summed E-state index contributed by atoms with van der Waals surface area (Å²) < 4.78 is 0. The number of hydrogen-bond donors (Lipinski definition) is 3. The Bertz CT molecular complexity index is 368. The van der Waals surface area contributed by atoms with Crippen LogP contribution in [-0.4, -0.2) is 27.6 Å². The van der Waals surface area contributed by atoms with Gasteiger partial charge in [-0.3, -0.25) is 4.79 Å². The summed E-state index contributed by atoms with van der Waals surface area (Å²) in [6.07, 6.45) is 2.03. The zero-order chi connectivity index (χ0) is 11.4. The smallest absolute Gasteiger partial charge is 0.205 e. The molecule has 4 nitrogen and oxygen atoms in total. The molecule has 1 unspecified atom stereocenters. The minimum atomic E-state index is -0.580. The van der Waals surface area contributed by atoms with Crippen LogP contribution in [0.4, 0.5) is 0 Å². The van der Waals surface area contributed by atoms with E-state index in [9.17, 15) is 9.90 Å². The van der Waals surface area contributed by atoms with Crippen molar-refractivity contribution in [2.75, 3.05) is 6.26 Å². The predicted molar refractivity (Wildman–Crippen MR) is 60.0 cm³/mol. The summed E-state index contributed by atoms with van der Waals surface area (Å²) in [6.45, 7) is 0. The first-order valence-corrected chi connectivity index (χ1v) is 5.61. The molecule has 0 amide bonds. The van der Waals surface area contributed by atoms with E-state index in [-0.39, 0.29) is 16.6 Å². The number of carbonyl (C=O) groups excluding carboxylic acids is 1. The Balaban J connectivity index is 2.73. The molecule has 1 rings (SSSR count). The van der Waals surface area contributed by atoms with E-state index in [2.05, 4.69) is 0 Å². The number of carbonyl (C=O) groups is 1. The lowest BCUT2D eigenvalue weighted by Gasteiger charge is -2.09. The van der Waals surface area contributed by atoms with Crippen LogP contribution >= 0.6 is 11.8 Å². The van der Waals surface area contributed by atoms with E-state index in [1.54, 1.807) is 12.3 Å². The Labute approximate surface area is 92.1 Å². The van der Waals surface area contributed by atoms with E-state index in [1.165, 1.54) is 12.1 Å². The highest BCUT2D eigenvalue weighted by Gasteiger charge is 2.13. The largest absolute Gasteiger partial charge is 0.504 e. The minimum Gasteiger partial charge on any atom is -0.504 e. The van der Waals surface area contributed by atoms with Crippen molar-refractivity contribution in [2.24, 2.45) is 5.73 Å². The molecule has 15 heavy (non-hydrogen) atoms. The molecule has 4 N–H and O–H groups in total. The summed E-state index contributed by atoms with van der Waals surface area (Å²) in [5, 5.41) is 18.2. The number of rotatable bonds is 3. The van der Waals surface area contributed by atoms with E-state index in [4.69, 9.17) is 10.8 Å². The average Bonchev–Trinajstić information content (AvgIpc) is 2.22. The fraction of sp³-hybridized carbons (Fsp3) is 0.300. The summed E-state index contributed by atoms with van der Waals surface area (Å²) >= 11 is 1.08. The van der Waals surface area contributed by atoms with Gasteiger partial charge in [-0.2, -0.15) is 0 Å². The second-order valence-corrected chi connectivity index (χ2v) is 3.97. The first-order valence-electron chi connectivity index (χ1n) is 4.39. The van der Waals surface area contributed by atoms with Crippen molar-refractivity contribution in [3.05, 3.63) is 23.8 Å². The standard InChI is InChI=1S/C10H13NO3S/c1-15-10(14)7(11)4-6-2-3-8(12)9(13)5-6/h2-3,5,7,12-13H,4,11H2,1H3. The fourth-order valence-electron chi connectivity index (χ4n) is 1.18. The third-order valence-electron chi connectivity index (χ3n) is 2.00. The van der Waals surface area contributed by atoms with E-state index >= 15 is 0 Å². The summed E-state index contributed by atoms with van der Waals surface area (Å²) in [5.41, 5.74) is 6.36. The maximum Gasteiger partial charge on any atom is 0.205 e. The molecule has 0 heterocycles. The van der Waals surface area contributed by atoms with Crippen LogP contribution in [0.1, 0.15) is 5.56 Å². The zero-order valence-corrected chi connectivity index (χ0v) is 9.12. The number of phenolic OH excluding ortho intramolecular Hbond substituents is 2. The molecule has 0 saturated carbocycles. The van der Waals surface area contributed by atoms with E-state index in [1.807, 2.05) is 0 Å². The van der Waals surface area contributed by atoms with Crippen molar-refractivity contribution in [2.45, 2.75) is 12.5 Å². The molecule has 1 aromatic carbocycles. The van der Waals surface area contributed by atoms with Crippen LogP contribution in [0.2, 0.25) is 0 Å². The third kappa shape index (κ3) is 3.14.